The number of hydrogen-bond acceptors (Lipinski definition) is 4. The topological polar surface area (TPSA) is 69.1 Å². The third-order valence-electron chi connectivity index (χ3n) is 4.23. The van der Waals surface area contributed by atoms with Gasteiger partial charge in [-0.15, -0.1) is 0 Å². The molecule has 2 rings (SSSR count). The SMILES string of the molecule is CCNC(=NCC(C)(O)CN1CCOCC1)NCCc1ccccc1F. The Morgan fingerprint density at radius 2 is 2.04 bits per heavy atom. The molecule has 26 heavy (non-hydrogen) atoms. The van der Waals surface area contributed by atoms with Crippen LogP contribution >= 0.6 is 0 Å². The van der Waals surface area contributed by atoms with Gasteiger partial charge in [0, 0.05) is 32.7 Å². The molecule has 1 unspecified atom stereocenters. The number of aliphatic hydroxyl groups is 1. The molecular formula is C19H31FN4O2. The second-order valence-corrected chi connectivity index (χ2v) is 6.85. The molecule has 0 bridgehead atoms. The molecule has 0 aromatic heterocycles. The van der Waals surface area contributed by atoms with E-state index in [9.17, 15) is 9.50 Å². The van der Waals surface area contributed by atoms with Crippen molar-refractivity contribution in [3.63, 3.8) is 0 Å². The zero-order valence-electron chi connectivity index (χ0n) is 15.8. The maximum atomic E-state index is 13.7. The van der Waals surface area contributed by atoms with Crippen LogP contribution in [0.3, 0.4) is 0 Å². The van der Waals surface area contributed by atoms with E-state index in [1.807, 2.05) is 13.0 Å². The molecule has 1 heterocycles. The van der Waals surface area contributed by atoms with Gasteiger partial charge in [-0.05, 0) is 31.9 Å². The summed E-state index contributed by atoms with van der Waals surface area (Å²) < 4.78 is 19.0. The first kappa shape index (κ1) is 20.6. The molecule has 1 aliphatic heterocycles. The minimum atomic E-state index is -0.911. The number of morpholine rings is 1. The first-order valence-corrected chi connectivity index (χ1v) is 9.28. The number of guanidine groups is 1. The number of β-amino-alcohol motifs (C(OH)–C–C–N with tert-alkyl or cyclic N) is 1. The van der Waals surface area contributed by atoms with Crippen molar-refractivity contribution in [1.29, 1.82) is 0 Å². The lowest BCUT2D eigenvalue weighted by Crippen LogP contribution is -2.48. The summed E-state index contributed by atoms with van der Waals surface area (Å²) >= 11 is 0. The van der Waals surface area contributed by atoms with Crippen molar-refractivity contribution >= 4 is 5.96 Å². The monoisotopic (exact) mass is 366 g/mol. The van der Waals surface area contributed by atoms with Crippen LogP contribution in [0.4, 0.5) is 4.39 Å². The molecule has 1 saturated heterocycles. The number of benzene rings is 1. The van der Waals surface area contributed by atoms with Crippen molar-refractivity contribution in [2.24, 2.45) is 4.99 Å². The van der Waals surface area contributed by atoms with E-state index in [1.54, 1.807) is 19.1 Å². The van der Waals surface area contributed by atoms with Crippen LogP contribution in [0, 0.1) is 5.82 Å². The number of ether oxygens (including phenoxy) is 1. The van der Waals surface area contributed by atoms with Gasteiger partial charge in [-0.1, -0.05) is 18.2 Å². The highest BCUT2D eigenvalue weighted by molar-refractivity contribution is 5.79. The number of hydrogen-bond donors (Lipinski definition) is 3. The second-order valence-electron chi connectivity index (χ2n) is 6.85. The van der Waals surface area contributed by atoms with E-state index < -0.39 is 5.60 Å². The molecular weight excluding hydrogens is 335 g/mol. The zero-order chi connectivity index (χ0) is 18.8. The average molecular weight is 366 g/mol. The van der Waals surface area contributed by atoms with Crippen LogP contribution in [0.2, 0.25) is 0 Å². The van der Waals surface area contributed by atoms with E-state index in [-0.39, 0.29) is 5.82 Å². The largest absolute Gasteiger partial charge is 0.387 e. The van der Waals surface area contributed by atoms with Crippen molar-refractivity contribution in [3.05, 3.63) is 35.6 Å². The van der Waals surface area contributed by atoms with Gasteiger partial charge in [0.1, 0.15) is 5.82 Å². The summed E-state index contributed by atoms with van der Waals surface area (Å²) in [6.45, 7) is 9.01. The Balaban J connectivity index is 1.83. The summed E-state index contributed by atoms with van der Waals surface area (Å²) in [6, 6.07) is 6.78. The highest BCUT2D eigenvalue weighted by atomic mass is 19.1. The molecule has 0 saturated carbocycles. The number of halogens is 1. The third kappa shape index (κ3) is 7.27. The Morgan fingerprint density at radius 3 is 2.73 bits per heavy atom. The van der Waals surface area contributed by atoms with Gasteiger partial charge in [0.2, 0.25) is 0 Å². The van der Waals surface area contributed by atoms with Crippen molar-refractivity contribution in [2.45, 2.75) is 25.9 Å². The number of aliphatic imine (C=N–C) groups is 1. The fourth-order valence-corrected chi connectivity index (χ4v) is 2.90. The summed E-state index contributed by atoms with van der Waals surface area (Å²) in [5, 5.41) is 17.0. The fourth-order valence-electron chi connectivity index (χ4n) is 2.90. The van der Waals surface area contributed by atoms with Crippen LogP contribution in [-0.4, -0.2) is 74.0 Å². The van der Waals surface area contributed by atoms with Gasteiger partial charge in [0.25, 0.3) is 0 Å². The Bertz CT molecular complexity index is 574. The van der Waals surface area contributed by atoms with Gasteiger partial charge in [-0.25, -0.2) is 4.39 Å². The van der Waals surface area contributed by atoms with Gasteiger partial charge in [-0.2, -0.15) is 0 Å². The molecule has 1 aliphatic rings. The van der Waals surface area contributed by atoms with E-state index in [2.05, 4.69) is 20.5 Å². The van der Waals surface area contributed by atoms with E-state index in [0.29, 0.717) is 50.8 Å². The Kier molecular flexibility index (Phi) is 8.28. The summed E-state index contributed by atoms with van der Waals surface area (Å²) in [5.74, 6) is 0.441. The minimum Gasteiger partial charge on any atom is -0.387 e. The lowest BCUT2D eigenvalue weighted by Gasteiger charge is -2.33. The summed E-state index contributed by atoms with van der Waals surface area (Å²) in [4.78, 5) is 6.69. The molecule has 1 fully saturated rings. The predicted octanol–water partition coefficient (Wildman–Crippen LogP) is 1.01. The van der Waals surface area contributed by atoms with Gasteiger partial charge >= 0.3 is 0 Å². The maximum Gasteiger partial charge on any atom is 0.191 e. The third-order valence-corrected chi connectivity index (χ3v) is 4.23. The van der Waals surface area contributed by atoms with E-state index in [0.717, 1.165) is 19.6 Å². The fraction of sp³-hybridized carbons (Fsp3) is 0.632. The normalized spacial score (nSPS) is 18.4. The van der Waals surface area contributed by atoms with Gasteiger partial charge in [0.05, 0.1) is 25.4 Å². The van der Waals surface area contributed by atoms with Crippen molar-refractivity contribution < 1.29 is 14.2 Å². The van der Waals surface area contributed by atoms with Gasteiger partial charge < -0.3 is 20.5 Å². The highest BCUT2D eigenvalue weighted by Gasteiger charge is 2.25. The number of nitrogens with one attached hydrogen (secondary N) is 2. The molecule has 0 radical (unpaired) electrons. The van der Waals surface area contributed by atoms with Gasteiger partial charge in [0.15, 0.2) is 5.96 Å². The van der Waals surface area contributed by atoms with E-state index in [4.69, 9.17) is 4.74 Å². The zero-order valence-corrected chi connectivity index (χ0v) is 15.8. The van der Waals surface area contributed by atoms with Crippen LogP contribution in [0.1, 0.15) is 19.4 Å². The summed E-state index contributed by atoms with van der Waals surface area (Å²) in [7, 11) is 0. The average Bonchev–Trinajstić information content (AvgIpc) is 2.62. The second kappa shape index (κ2) is 10.4. The lowest BCUT2D eigenvalue weighted by molar-refractivity contribution is -0.0179. The van der Waals surface area contributed by atoms with Crippen LogP contribution in [0.25, 0.3) is 0 Å². The molecule has 0 amide bonds. The van der Waals surface area contributed by atoms with Crippen molar-refractivity contribution in [3.8, 4) is 0 Å². The molecule has 0 aliphatic carbocycles. The molecule has 1 atom stereocenters. The molecule has 146 valence electrons. The molecule has 1 aromatic rings. The smallest absolute Gasteiger partial charge is 0.191 e. The van der Waals surface area contributed by atoms with Crippen LogP contribution in [0.5, 0.6) is 0 Å². The summed E-state index contributed by atoms with van der Waals surface area (Å²) in [6.07, 6.45) is 0.571. The quantitative estimate of drug-likeness (QED) is 0.473. The lowest BCUT2D eigenvalue weighted by atomic mass is 10.1. The van der Waals surface area contributed by atoms with E-state index in [1.165, 1.54) is 6.07 Å². The highest BCUT2D eigenvalue weighted by Crippen LogP contribution is 2.09. The van der Waals surface area contributed by atoms with E-state index >= 15 is 0 Å². The Labute approximate surface area is 155 Å². The van der Waals surface area contributed by atoms with Gasteiger partial charge in [-0.3, -0.25) is 9.89 Å². The number of nitrogens with zero attached hydrogens (tertiary/aromatic N) is 2. The maximum absolute atomic E-state index is 13.7. The minimum absolute atomic E-state index is 0.190. The number of rotatable bonds is 8. The van der Waals surface area contributed by atoms with Crippen LogP contribution < -0.4 is 10.6 Å². The first-order chi connectivity index (χ1) is 12.5. The standard InChI is InChI=1S/C19H31FN4O2/c1-3-21-18(22-9-8-16-6-4-5-7-17(16)20)23-14-19(2,25)15-24-10-12-26-13-11-24/h4-7,25H,3,8-15H2,1-2H3,(H2,21,22,23). The molecule has 0 spiro atoms. The van der Waals surface area contributed by atoms with Crippen LogP contribution in [0.15, 0.2) is 29.3 Å². The Hall–Kier alpha value is -1.70. The molecule has 6 nitrogen and oxygen atoms in total. The molecule has 3 N–H and O–H groups in total. The molecule has 1 aromatic carbocycles. The van der Waals surface area contributed by atoms with Crippen molar-refractivity contribution in [2.75, 3.05) is 52.5 Å². The summed E-state index contributed by atoms with van der Waals surface area (Å²) in [5.41, 5.74) is -0.235. The van der Waals surface area contributed by atoms with Crippen LogP contribution in [-0.2, 0) is 11.2 Å². The predicted molar refractivity (Wildman–Crippen MR) is 102 cm³/mol. The molecule has 7 heteroatoms. The Morgan fingerprint density at radius 1 is 1.31 bits per heavy atom. The first-order valence-electron chi connectivity index (χ1n) is 9.28. The van der Waals surface area contributed by atoms with Crippen molar-refractivity contribution in [1.82, 2.24) is 15.5 Å².